The molecule has 192 valence electrons. The number of anilines is 1. The van der Waals surface area contributed by atoms with Crippen LogP contribution in [-0.4, -0.2) is 59.0 Å². The fraction of sp³-hybridized carbons (Fsp3) is 0.355. The molecule has 0 aliphatic carbocycles. The third kappa shape index (κ3) is 4.90. The number of hydrogen-bond donors (Lipinski definition) is 0. The summed E-state index contributed by atoms with van der Waals surface area (Å²) in [4.78, 5) is 16.4. The van der Waals surface area contributed by atoms with Crippen molar-refractivity contribution in [3.63, 3.8) is 0 Å². The van der Waals surface area contributed by atoms with E-state index >= 15 is 0 Å². The van der Waals surface area contributed by atoms with Crippen LogP contribution in [0.3, 0.4) is 0 Å². The molecule has 0 bridgehead atoms. The van der Waals surface area contributed by atoms with Crippen LogP contribution in [0.15, 0.2) is 67.0 Å². The number of hydrogen-bond acceptors (Lipinski definition) is 5. The molecule has 6 heteroatoms. The highest BCUT2D eigenvalue weighted by atomic mass is 19.1. The SMILES string of the molecule is CC.Cc1cc(C2=CC(C)C3C=C(c4ccc(N5CCN(C)CC5)nc4)C=CN23)c2cc(F)ccc2n1. The van der Waals surface area contributed by atoms with E-state index in [1.807, 2.05) is 27.0 Å². The summed E-state index contributed by atoms with van der Waals surface area (Å²) in [5.74, 6) is 1.13. The van der Waals surface area contributed by atoms with Crippen molar-refractivity contribution in [2.45, 2.75) is 33.7 Å². The second kappa shape index (κ2) is 10.5. The van der Waals surface area contributed by atoms with Crippen molar-refractivity contribution in [1.82, 2.24) is 19.8 Å². The molecule has 6 rings (SSSR count). The van der Waals surface area contributed by atoms with Crippen molar-refractivity contribution < 1.29 is 4.39 Å². The Morgan fingerprint density at radius 1 is 0.973 bits per heavy atom. The minimum absolute atomic E-state index is 0.208. The molecule has 5 heterocycles. The van der Waals surface area contributed by atoms with Crippen LogP contribution in [0.5, 0.6) is 0 Å². The predicted molar refractivity (Wildman–Crippen MR) is 152 cm³/mol. The molecule has 1 saturated heterocycles. The Balaban J connectivity index is 0.00000137. The van der Waals surface area contributed by atoms with E-state index in [0.717, 1.165) is 65.4 Å². The topological polar surface area (TPSA) is 35.5 Å². The Labute approximate surface area is 219 Å². The first kappa shape index (κ1) is 25.2. The van der Waals surface area contributed by atoms with E-state index in [2.05, 4.69) is 76.3 Å². The third-order valence-electron chi connectivity index (χ3n) is 7.41. The van der Waals surface area contributed by atoms with Gasteiger partial charge in [-0.2, -0.15) is 0 Å². The molecule has 2 atom stereocenters. The molecule has 0 saturated carbocycles. The Bertz CT molecular complexity index is 1370. The molecule has 1 aromatic carbocycles. The summed E-state index contributed by atoms with van der Waals surface area (Å²) in [6, 6.07) is 11.4. The zero-order valence-corrected chi connectivity index (χ0v) is 22.4. The summed E-state index contributed by atoms with van der Waals surface area (Å²) in [6.07, 6.45) is 10.9. The minimum atomic E-state index is -0.239. The summed E-state index contributed by atoms with van der Waals surface area (Å²) < 4.78 is 14.1. The quantitative estimate of drug-likeness (QED) is 0.435. The number of fused-ring (bicyclic) bond motifs is 2. The number of likely N-dealkylation sites (N-methyl/N-ethyl adjacent to an activating group) is 1. The fourth-order valence-electron chi connectivity index (χ4n) is 5.40. The molecule has 3 aliphatic heterocycles. The highest BCUT2D eigenvalue weighted by molar-refractivity contribution is 5.93. The number of aryl methyl sites for hydroxylation is 1. The van der Waals surface area contributed by atoms with Gasteiger partial charge in [0.25, 0.3) is 0 Å². The molecule has 2 aromatic heterocycles. The number of allylic oxidation sites excluding steroid dienone is 2. The zero-order chi connectivity index (χ0) is 26.1. The van der Waals surface area contributed by atoms with E-state index in [9.17, 15) is 4.39 Å². The first-order valence-corrected chi connectivity index (χ1v) is 13.3. The van der Waals surface area contributed by atoms with Gasteiger partial charge in [0.15, 0.2) is 0 Å². The van der Waals surface area contributed by atoms with Crippen molar-refractivity contribution in [2.75, 3.05) is 38.1 Å². The van der Waals surface area contributed by atoms with Gasteiger partial charge in [0.05, 0.1) is 11.6 Å². The lowest BCUT2D eigenvalue weighted by molar-refractivity contribution is 0.312. The molecule has 0 N–H and O–H groups in total. The van der Waals surface area contributed by atoms with E-state index in [1.54, 1.807) is 12.1 Å². The maximum absolute atomic E-state index is 14.1. The Morgan fingerprint density at radius 2 is 1.76 bits per heavy atom. The van der Waals surface area contributed by atoms with Crippen molar-refractivity contribution in [3.05, 3.63) is 89.7 Å². The van der Waals surface area contributed by atoms with Gasteiger partial charge < -0.3 is 14.7 Å². The fourth-order valence-corrected chi connectivity index (χ4v) is 5.40. The lowest BCUT2D eigenvalue weighted by Gasteiger charge is -2.33. The van der Waals surface area contributed by atoms with Gasteiger partial charge in [0.2, 0.25) is 0 Å². The Morgan fingerprint density at radius 3 is 2.49 bits per heavy atom. The van der Waals surface area contributed by atoms with Crippen LogP contribution in [-0.2, 0) is 0 Å². The van der Waals surface area contributed by atoms with Gasteiger partial charge in [0, 0.05) is 66.8 Å². The maximum Gasteiger partial charge on any atom is 0.128 e. The summed E-state index contributed by atoms with van der Waals surface area (Å²) >= 11 is 0. The Hall–Kier alpha value is -3.51. The predicted octanol–water partition coefficient (Wildman–Crippen LogP) is 6.13. The molecule has 2 unspecified atom stereocenters. The number of piperazine rings is 1. The maximum atomic E-state index is 14.1. The molecular weight excluding hydrogens is 461 g/mol. The molecule has 1 fully saturated rings. The van der Waals surface area contributed by atoms with E-state index in [0.29, 0.717) is 5.92 Å². The van der Waals surface area contributed by atoms with Gasteiger partial charge in [-0.3, -0.25) is 4.98 Å². The van der Waals surface area contributed by atoms with Gasteiger partial charge in [0.1, 0.15) is 11.6 Å². The van der Waals surface area contributed by atoms with E-state index in [-0.39, 0.29) is 11.9 Å². The Kier molecular flexibility index (Phi) is 7.11. The van der Waals surface area contributed by atoms with Crippen LogP contribution in [0.4, 0.5) is 10.2 Å². The molecule has 3 aliphatic rings. The lowest BCUT2D eigenvalue weighted by atomic mass is 9.96. The smallest absolute Gasteiger partial charge is 0.128 e. The monoisotopic (exact) mass is 497 g/mol. The molecule has 37 heavy (non-hydrogen) atoms. The van der Waals surface area contributed by atoms with Crippen LogP contribution in [0.25, 0.3) is 22.2 Å². The molecular formula is C31H36FN5. The number of rotatable bonds is 3. The van der Waals surface area contributed by atoms with Gasteiger partial charge in [-0.05, 0) is 67.6 Å². The van der Waals surface area contributed by atoms with Crippen LogP contribution in [0.2, 0.25) is 0 Å². The van der Waals surface area contributed by atoms with Crippen LogP contribution >= 0.6 is 0 Å². The number of benzene rings is 1. The van der Waals surface area contributed by atoms with E-state index < -0.39 is 0 Å². The highest BCUT2D eigenvalue weighted by Crippen LogP contribution is 2.41. The average Bonchev–Trinajstić information content (AvgIpc) is 3.25. The summed E-state index contributed by atoms with van der Waals surface area (Å²) in [7, 11) is 2.17. The number of aromatic nitrogens is 2. The highest BCUT2D eigenvalue weighted by Gasteiger charge is 2.33. The third-order valence-corrected chi connectivity index (χ3v) is 7.41. The minimum Gasteiger partial charge on any atom is -0.354 e. The van der Waals surface area contributed by atoms with Gasteiger partial charge in [-0.25, -0.2) is 9.37 Å². The largest absolute Gasteiger partial charge is 0.354 e. The molecule has 0 radical (unpaired) electrons. The first-order valence-electron chi connectivity index (χ1n) is 13.3. The van der Waals surface area contributed by atoms with Gasteiger partial charge in [-0.15, -0.1) is 0 Å². The summed E-state index contributed by atoms with van der Waals surface area (Å²) in [5.41, 5.74) is 6.21. The van der Waals surface area contributed by atoms with Crippen molar-refractivity contribution >= 4 is 28.0 Å². The normalized spacial score (nSPS) is 21.4. The zero-order valence-electron chi connectivity index (χ0n) is 22.4. The van der Waals surface area contributed by atoms with Crippen molar-refractivity contribution in [3.8, 4) is 0 Å². The van der Waals surface area contributed by atoms with Crippen LogP contribution < -0.4 is 4.90 Å². The van der Waals surface area contributed by atoms with Crippen LogP contribution in [0, 0.1) is 18.7 Å². The second-order valence-electron chi connectivity index (χ2n) is 9.91. The van der Waals surface area contributed by atoms with Gasteiger partial charge in [-0.1, -0.05) is 32.9 Å². The molecule has 0 spiro atoms. The average molecular weight is 498 g/mol. The standard InChI is InChI=1S/C29H30FN5.C2H6/c1-19-14-28(25-15-20(2)32-26-6-5-23(30)17-24(25)26)35-9-8-21(16-27(19)35)22-4-7-29(31-18-22)34-12-10-33(3)11-13-34;1-2/h4-9,14-19,27H,10-13H2,1-3H3;1-2H3. The lowest BCUT2D eigenvalue weighted by Crippen LogP contribution is -2.44. The second-order valence-corrected chi connectivity index (χ2v) is 9.91. The number of halogens is 1. The van der Waals surface area contributed by atoms with Crippen molar-refractivity contribution in [2.24, 2.45) is 5.92 Å². The van der Waals surface area contributed by atoms with Crippen LogP contribution in [0.1, 0.15) is 37.6 Å². The number of nitrogens with zero attached hydrogens (tertiary/aromatic N) is 5. The number of pyridine rings is 2. The van der Waals surface area contributed by atoms with E-state index in [1.165, 1.54) is 11.6 Å². The summed E-state index contributed by atoms with van der Waals surface area (Å²) in [5, 5.41) is 0.849. The van der Waals surface area contributed by atoms with Crippen molar-refractivity contribution in [1.29, 1.82) is 0 Å². The van der Waals surface area contributed by atoms with E-state index in [4.69, 9.17) is 4.98 Å². The first-order chi connectivity index (χ1) is 18.0. The molecule has 3 aromatic rings. The summed E-state index contributed by atoms with van der Waals surface area (Å²) in [6.45, 7) is 12.4. The molecule has 0 amide bonds. The molecule has 5 nitrogen and oxygen atoms in total. The van der Waals surface area contributed by atoms with Gasteiger partial charge >= 0.3 is 0 Å².